The summed E-state index contributed by atoms with van der Waals surface area (Å²) in [4.78, 5) is 26.3. The van der Waals surface area contributed by atoms with E-state index >= 15 is 0 Å². The smallest absolute Gasteiger partial charge is 0.405 e. The van der Waals surface area contributed by atoms with Gasteiger partial charge in [-0.15, -0.1) is 0 Å². The predicted molar refractivity (Wildman–Crippen MR) is 61.0 cm³/mol. The quantitative estimate of drug-likeness (QED) is 0.785. The van der Waals surface area contributed by atoms with Gasteiger partial charge in [0.05, 0.1) is 5.69 Å². The van der Waals surface area contributed by atoms with Crippen LogP contribution in [0.1, 0.15) is 26.5 Å². The lowest BCUT2D eigenvalue weighted by molar-refractivity contribution is -0.157. The van der Waals surface area contributed by atoms with Crippen molar-refractivity contribution < 1.29 is 23.8 Å². The van der Waals surface area contributed by atoms with Crippen molar-refractivity contribution in [3.63, 3.8) is 0 Å². The number of nitrogens with zero attached hydrogens (tertiary/aromatic N) is 1. The molecule has 1 amide bonds. The fourth-order valence-electron chi connectivity index (χ4n) is 1.26. The molecule has 1 unspecified atom stereocenters. The Morgan fingerprint density at radius 1 is 1.56 bits per heavy atom. The van der Waals surface area contributed by atoms with Gasteiger partial charge in [-0.3, -0.25) is 0 Å². The standard InChI is InChI=1S/C11H16N2O5/c1-11(2,3)18-9(14)8(13-10(15)16)4-7-5-17-6-12-7/h5-6,8,13H,4H2,1-3H3,(H,15,16). The first-order chi connectivity index (χ1) is 8.28. The van der Waals surface area contributed by atoms with E-state index in [0.29, 0.717) is 5.69 Å². The zero-order valence-corrected chi connectivity index (χ0v) is 10.5. The lowest BCUT2D eigenvalue weighted by atomic mass is 10.1. The monoisotopic (exact) mass is 256 g/mol. The molecule has 0 aliphatic heterocycles. The van der Waals surface area contributed by atoms with Crippen molar-refractivity contribution in [3.05, 3.63) is 18.4 Å². The van der Waals surface area contributed by atoms with E-state index in [0.717, 1.165) is 0 Å². The van der Waals surface area contributed by atoms with Crippen LogP contribution in [0.15, 0.2) is 17.1 Å². The Hall–Kier alpha value is -2.05. The third-order valence-corrected chi connectivity index (χ3v) is 1.89. The summed E-state index contributed by atoms with van der Waals surface area (Å²) in [6.07, 6.45) is 1.34. The van der Waals surface area contributed by atoms with Gasteiger partial charge in [0.1, 0.15) is 17.9 Å². The number of rotatable bonds is 4. The summed E-state index contributed by atoms with van der Waals surface area (Å²) < 4.78 is 9.89. The van der Waals surface area contributed by atoms with Gasteiger partial charge in [-0.25, -0.2) is 14.6 Å². The van der Waals surface area contributed by atoms with Crippen LogP contribution in [0, 0.1) is 0 Å². The Morgan fingerprint density at radius 3 is 2.67 bits per heavy atom. The molecule has 0 aliphatic carbocycles. The Balaban J connectivity index is 2.71. The lowest BCUT2D eigenvalue weighted by Gasteiger charge is -2.23. The Morgan fingerprint density at radius 2 is 2.22 bits per heavy atom. The summed E-state index contributed by atoms with van der Waals surface area (Å²) in [6, 6.07) is -1.01. The summed E-state index contributed by atoms with van der Waals surface area (Å²) >= 11 is 0. The molecule has 1 aromatic rings. The fourth-order valence-corrected chi connectivity index (χ4v) is 1.26. The minimum atomic E-state index is -1.30. The van der Waals surface area contributed by atoms with E-state index in [2.05, 4.69) is 10.3 Å². The molecule has 0 saturated heterocycles. The Kier molecular flexibility index (Phi) is 4.30. The molecular formula is C11H16N2O5. The number of carbonyl (C=O) groups excluding carboxylic acids is 1. The van der Waals surface area contributed by atoms with Crippen molar-refractivity contribution in [1.82, 2.24) is 10.3 Å². The minimum absolute atomic E-state index is 0.0811. The van der Waals surface area contributed by atoms with E-state index in [1.807, 2.05) is 0 Å². The summed E-state index contributed by atoms with van der Waals surface area (Å²) in [6.45, 7) is 5.12. The number of carbonyl (C=O) groups is 2. The van der Waals surface area contributed by atoms with E-state index in [1.165, 1.54) is 12.7 Å². The molecule has 100 valence electrons. The first-order valence-electron chi connectivity index (χ1n) is 5.37. The number of nitrogens with one attached hydrogen (secondary N) is 1. The van der Waals surface area contributed by atoms with Crippen LogP contribution in [0.2, 0.25) is 0 Å². The van der Waals surface area contributed by atoms with Crippen molar-refractivity contribution in [2.24, 2.45) is 0 Å². The average molecular weight is 256 g/mol. The van der Waals surface area contributed by atoms with E-state index in [1.54, 1.807) is 20.8 Å². The second kappa shape index (κ2) is 5.52. The highest BCUT2D eigenvalue weighted by Crippen LogP contribution is 2.10. The normalized spacial score (nSPS) is 12.8. The molecule has 0 aliphatic rings. The van der Waals surface area contributed by atoms with Gasteiger partial charge in [-0.05, 0) is 20.8 Å². The SMILES string of the molecule is CC(C)(C)OC(=O)C(Cc1cocn1)NC(=O)O. The maximum atomic E-state index is 11.8. The highest BCUT2D eigenvalue weighted by atomic mass is 16.6. The maximum absolute atomic E-state index is 11.8. The number of oxazole rings is 1. The van der Waals surface area contributed by atoms with Gasteiger partial charge >= 0.3 is 12.1 Å². The molecule has 1 atom stereocenters. The number of ether oxygens (including phenoxy) is 1. The van der Waals surface area contributed by atoms with Crippen molar-refractivity contribution in [3.8, 4) is 0 Å². The first kappa shape index (κ1) is 14.0. The average Bonchev–Trinajstić information content (AvgIpc) is 2.65. The number of amides is 1. The molecule has 7 heteroatoms. The summed E-state index contributed by atoms with van der Waals surface area (Å²) in [5.74, 6) is -0.645. The van der Waals surface area contributed by atoms with E-state index in [-0.39, 0.29) is 6.42 Å². The topological polar surface area (TPSA) is 102 Å². The van der Waals surface area contributed by atoms with Gasteiger partial charge in [0.25, 0.3) is 0 Å². The fraction of sp³-hybridized carbons (Fsp3) is 0.545. The number of carboxylic acid groups (broad SMARTS) is 1. The van der Waals surface area contributed by atoms with Crippen LogP contribution < -0.4 is 5.32 Å². The molecule has 0 bridgehead atoms. The van der Waals surface area contributed by atoms with E-state index < -0.39 is 23.7 Å². The largest absolute Gasteiger partial charge is 0.465 e. The van der Waals surface area contributed by atoms with Gasteiger partial charge in [0.15, 0.2) is 6.39 Å². The van der Waals surface area contributed by atoms with Crippen LogP contribution in [0.4, 0.5) is 4.79 Å². The highest BCUT2D eigenvalue weighted by molar-refractivity contribution is 5.81. The molecule has 0 spiro atoms. The number of hydrogen-bond donors (Lipinski definition) is 2. The van der Waals surface area contributed by atoms with Crippen LogP contribution in [0.25, 0.3) is 0 Å². The summed E-state index contributed by atoms with van der Waals surface area (Å²) in [5.41, 5.74) is -0.209. The molecule has 0 fully saturated rings. The molecule has 1 aromatic heterocycles. The third-order valence-electron chi connectivity index (χ3n) is 1.89. The van der Waals surface area contributed by atoms with E-state index in [4.69, 9.17) is 14.3 Å². The summed E-state index contributed by atoms with van der Waals surface area (Å²) in [7, 11) is 0. The first-order valence-corrected chi connectivity index (χ1v) is 5.37. The van der Waals surface area contributed by atoms with Crippen LogP contribution in [-0.4, -0.2) is 33.8 Å². The molecule has 2 N–H and O–H groups in total. The second-order valence-electron chi connectivity index (χ2n) is 4.72. The van der Waals surface area contributed by atoms with Gasteiger partial charge in [-0.2, -0.15) is 0 Å². The van der Waals surface area contributed by atoms with Gasteiger partial charge in [0, 0.05) is 6.42 Å². The Labute approximate surface area is 104 Å². The zero-order chi connectivity index (χ0) is 13.8. The van der Waals surface area contributed by atoms with Crippen LogP contribution in [0.5, 0.6) is 0 Å². The highest BCUT2D eigenvalue weighted by Gasteiger charge is 2.27. The molecule has 1 rings (SSSR count). The van der Waals surface area contributed by atoms with Crippen molar-refractivity contribution >= 4 is 12.1 Å². The number of esters is 1. The van der Waals surface area contributed by atoms with Crippen molar-refractivity contribution in [2.45, 2.75) is 38.8 Å². The van der Waals surface area contributed by atoms with Gasteiger partial charge in [-0.1, -0.05) is 0 Å². The minimum Gasteiger partial charge on any atom is -0.465 e. The van der Waals surface area contributed by atoms with Crippen molar-refractivity contribution in [2.75, 3.05) is 0 Å². The lowest BCUT2D eigenvalue weighted by Crippen LogP contribution is -2.45. The van der Waals surface area contributed by atoms with Gasteiger partial charge in [0.2, 0.25) is 0 Å². The zero-order valence-electron chi connectivity index (χ0n) is 10.5. The van der Waals surface area contributed by atoms with Gasteiger partial charge < -0.3 is 19.6 Å². The Bertz CT molecular complexity index is 408. The second-order valence-corrected chi connectivity index (χ2v) is 4.72. The summed E-state index contributed by atoms with van der Waals surface area (Å²) in [5, 5.41) is 10.8. The van der Waals surface area contributed by atoms with Crippen LogP contribution >= 0.6 is 0 Å². The molecule has 0 radical (unpaired) electrons. The number of hydrogen-bond acceptors (Lipinski definition) is 5. The molecule has 0 saturated carbocycles. The maximum Gasteiger partial charge on any atom is 0.405 e. The molecular weight excluding hydrogens is 240 g/mol. The van der Waals surface area contributed by atoms with E-state index in [9.17, 15) is 9.59 Å². The molecule has 1 heterocycles. The predicted octanol–water partition coefficient (Wildman–Crippen LogP) is 1.19. The van der Waals surface area contributed by atoms with Crippen LogP contribution in [0.3, 0.4) is 0 Å². The molecule has 18 heavy (non-hydrogen) atoms. The van der Waals surface area contributed by atoms with Crippen molar-refractivity contribution in [1.29, 1.82) is 0 Å². The molecule has 7 nitrogen and oxygen atoms in total. The third kappa shape index (κ3) is 4.86. The molecule has 0 aromatic carbocycles. The van der Waals surface area contributed by atoms with Crippen LogP contribution in [-0.2, 0) is 16.0 Å². The number of aromatic nitrogens is 1.